The minimum atomic E-state index is -0.559. The number of nitrogens with zero attached hydrogens (tertiary/aromatic N) is 2. The number of likely N-dealkylation sites (N-methyl/N-ethyl adjacent to an activating group) is 1. The lowest BCUT2D eigenvalue weighted by molar-refractivity contribution is -0.907. The summed E-state index contributed by atoms with van der Waals surface area (Å²) in [6, 6.07) is 6.52. The van der Waals surface area contributed by atoms with E-state index in [4.69, 9.17) is 21.7 Å². The molecule has 0 unspecified atom stereocenters. The number of amides is 2. The zero-order valence-electron chi connectivity index (χ0n) is 16.3. The molecule has 0 spiro atoms. The number of morpholine rings is 1. The molecule has 1 aromatic rings. The fraction of sp³-hybridized carbons (Fsp3) is 0.526. The van der Waals surface area contributed by atoms with E-state index in [1.165, 1.54) is 9.80 Å². The number of hydrogen-bond acceptors (Lipinski definition) is 5. The largest absolute Gasteiger partial charge is 0.497 e. The number of anilines is 1. The molecule has 2 aliphatic rings. The first-order chi connectivity index (χ1) is 13.5. The molecular weight excluding hydrogens is 380 g/mol. The summed E-state index contributed by atoms with van der Waals surface area (Å²) in [5.41, 5.74) is 0.663. The number of hydrogen-bond donors (Lipinski definition) is 2. The molecule has 0 aromatic heterocycles. The first-order valence-electron chi connectivity index (χ1n) is 9.43. The van der Waals surface area contributed by atoms with E-state index in [1.54, 1.807) is 38.4 Å². The van der Waals surface area contributed by atoms with Gasteiger partial charge in [0.25, 0.3) is 5.91 Å². The Kier molecular flexibility index (Phi) is 6.82. The van der Waals surface area contributed by atoms with E-state index in [9.17, 15) is 9.59 Å². The van der Waals surface area contributed by atoms with Crippen molar-refractivity contribution in [2.75, 3.05) is 58.9 Å². The Morgan fingerprint density at radius 1 is 1.32 bits per heavy atom. The Balaban J connectivity index is 1.60. The van der Waals surface area contributed by atoms with E-state index in [1.807, 2.05) is 4.90 Å². The zero-order valence-corrected chi connectivity index (χ0v) is 17.1. The summed E-state index contributed by atoms with van der Waals surface area (Å²) >= 11 is 5.45. The van der Waals surface area contributed by atoms with Crippen LogP contribution in [0.2, 0.25) is 0 Å². The standard InChI is InChI=1S/C19H26N4O4S/c1-21-18(25)16(13-17(24)20-14-3-5-15(26-2)6-4-14)23(19(21)28)8-7-22-9-11-27-12-10-22/h3-6,16H,7-13H2,1-2H3,(H,20,24)/p+1/t16-/m1/s1. The van der Waals surface area contributed by atoms with E-state index in [2.05, 4.69) is 5.32 Å². The maximum atomic E-state index is 12.6. The van der Waals surface area contributed by atoms with Crippen molar-refractivity contribution in [3.8, 4) is 5.75 Å². The number of carbonyl (C=O) groups excluding carboxylic acids is 2. The van der Waals surface area contributed by atoms with Gasteiger partial charge in [0.15, 0.2) is 5.11 Å². The summed E-state index contributed by atoms with van der Waals surface area (Å²) in [5, 5.41) is 3.33. The van der Waals surface area contributed by atoms with Crippen LogP contribution in [0.3, 0.4) is 0 Å². The number of thiocarbonyl (C=S) groups is 1. The smallest absolute Gasteiger partial charge is 0.251 e. The second-order valence-corrected chi connectivity index (χ2v) is 7.35. The summed E-state index contributed by atoms with van der Waals surface area (Å²) in [4.78, 5) is 29.9. The highest BCUT2D eigenvalue weighted by atomic mass is 32.1. The topological polar surface area (TPSA) is 75.6 Å². The lowest BCUT2D eigenvalue weighted by Gasteiger charge is -2.28. The number of nitrogens with one attached hydrogen (secondary N) is 2. The number of quaternary nitrogens is 1. The van der Waals surface area contributed by atoms with Crippen molar-refractivity contribution in [1.29, 1.82) is 0 Å². The SMILES string of the molecule is COc1ccc(NC(=O)C[C@@H]2C(=O)N(C)C(=S)N2CC[NH+]2CCOCC2)cc1. The predicted octanol–water partition coefficient (Wildman–Crippen LogP) is -0.634. The lowest BCUT2D eigenvalue weighted by atomic mass is 10.1. The van der Waals surface area contributed by atoms with Gasteiger partial charge in [-0.3, -0.25) is 14.5 Å². The van der Waals surface area contributed by atoms with Crippen molar-refractivity contribution in [1.82, 2.24) is 9.80 Å². The third-order valence-electron chi connectivity index (χ3n) is 5.18. The molecule has 9 heteroatoms. The molecule has 1 aromatic carbocycles. The summed E-state index contributed by atoms with van der Waals surface area (Å²) in [6.45, 7) is 4.92. The summed E-state index contributed by atoms with van der Waals surface area (Å²) in [6.07, 6.45) is 0.0633. The molecule has 28 heavy (non-hydrogen) atoms. The maximum Gasteiger partial charge on any atom is 0.251 e. The van der Waals surface area contributed by atoms with E-state index < -0.39 is 6.04 Å². The number of ether oxygens (including phenoxy) is 2. The molecule has 1 atom stereocenters. The molecule has 0 saturated carbocycles. The van der Waals surface area contributed by atoms with Crippen LogP contribution in [-0.4, -0.2) is 86.3 Å². The van der Waals surface area contributed by atoms with Gasteiger partial charge in [-0.1, -0.05) is 0 Å². The third-order valence-corrected chi connectivity index (χ3v) is 5.69. The highest BCUT2D eigenvalue weighted by Gasteiger charge is 2.41. The van der Waals surface area contributed by atoms with Crippen LogP contribution in [0.1, 0.15) is 6.42 Å². The van der Waals surface area contributed by atoms with Gasteiger partial charge in [0.1, 0.15) is 24.9 Å². The first kappa shape index (κ1) is 20.5. The van der Waals surface area contributed by atoms with Gasteiger partial charge in [0, 0.05) is 12.7 Å². The van der Waals surface area contributed by atoms with E-state index in [-0.39, 0.29) is 18.2 Å². The average Bonchev–Trinajstić information content (AvgIpc) is 2.91. The van der Waals surface area contributed by atoms with Gasteiger partial charge < -0.3 is 24.6 Å². The van der Waals surface area contributed by atoms with Crippen LogP contribution in [0.4, 0.5) is 5.69 Å². The van der Waals surface area contributed by atoms with E-state index in [0.29, 0.717) is 23.1 Å². The molecule has 0 radical (unpaired) electrons. The van der Waals surface area contributed by atoms with Gasteiger partial charge in [-0.15, -0.1) is 0 Å². The Bertz CT molecular complexity index is 721. The van der Waals surface area contributed by atoms with Crippen molar-refractivity contribution >= 4 is 34.8 Å². The third kappa shape index (κ3) is 4.78. The minimum absolute atomic E-state index is 0.0633. The van der Waals surface area contributed by atoms with Crippen LogP contribution in [-0.2, 0) is 14.3 Å². The monoisotopic (exact) mass is 407 g/mol. The van der Waals surface area contributed by atoms with E-state index in [0.717, 1.165) is 32.8 Å². The number of benzene rings is 1. The van der Waals surface area contributed by atoms with Crippen LogP contribution in [0.5, 0.6) is 5.75 Å². The Labute approximate surface area is 170 Å². The average molecular weight is 408 g/mol. The minimum Gasteiger partial charge on any atom is -0.497 e. The van der Waals surface area contributed by atoms with Crippen LogP contribution in [0.25, 0.3) is 0 Å². The molecule has 2 N–H and O–H groups in total. The van der Waals surface area contributed by atoms with Gasteiger partial charge in [-0.25, -0.2) is 0 Å². The van der Waals surface area contributed by atoms with Crippen molar-refractivity contribution in [3.63, 3.8) is 0 Å². The fourth-order valence-electron chi connectivity index (χ4n) is 3.48. The van der Waals surface area contributed by atoms with Crippen LogP contribution < -0.4 is 15.0 Å². The zero-order chi connectivity index (χ0) is 20.1. The fourth-order valence-corrected chi connectivity index (χ4v) is 3.79. The second kappa shape index (κ2) is 9.31. The number of methoxy groups -OCH3 is 1. The Morgan fingerprint density at radius 2 is 2.00 bits per heavy atom. The summed E-state index contributed by atoms with van der Waals surface area (Å²) in [5.74, 6) is 0.366. The van der Waals surface area contributed by atoms with Gasteiger partial charge in [-0.2, -0.15) is 0 Å². The molecule has 3 rings (SSSR count). The molecule has 8 nitrogen and oxygen atoms in total. The molecule has 152 valence electrons. The van der Waals surface area contributed by atoms with Crippen molar-refractivity contribution in [2.24, 2.45) is 0 Å². The second-order valence-electron chi connectivity index (χ2n) is 6.98. The highest BCUT2D eigenvalue weighted by molar-refractivity contribution is 7.80. The van der Waals surface area contributed by atoms with Crippen LogP contribution >= 0.6 is 12.2 Å². The molecule has 0 aliphatic carbocycles. The van der Waals surface area contributed by atoms with Gasteiger partial charge in [-0.05, 0) is 36.5 Å². The quantitative estimate of drug-likeness (QED) is 0.586. The molecule has 2 fully saturated rings. The predicted molar refractivity (Wildman–Crippen MR) is 108 cm³/mol. The lowest BCUT2D eigenvalue weighted by Crippen LogP contribution is -3.14. The molecule has 2 amide bonds. The van der Waals surface area contributed by atoms with Gasteiger partial charge in [0.2, 0.25) is 5.91 Å². The summed E-state index contributed by atoms with van der Waals surface area (Å²) < 4.78 is 10.5. The Morgan fingerprint density at radius 3 is 2.64 bits per heavy atom. The maximum absolute atomic E-state index is 12.6. The van der Waals surface area contributed by atoms with Crippen LogP contribution in [0, 0.1) is 0 Å². The molecule has 2 heterocycles. The number of carbonyl (C=O) groups is 2. The van der Waals surface area contributed by atoms with Crippen molar-refractivity contribution in [3.05, 3.63) is 24.3 Å². The molecule has 2 saturated heterocycles. The number of rotatable bonds is 7. The molecular formula is C19H27N4O4S+. The van der Waals surface area contributed by atoms with Gasteiger partial charge in [0.05, 0.1) is 39.8 Å². The highest BCUT2D eigenvalue weighted by Crippen LogP contribution is 2.20. The normalized spacial score (nSPS) is 20.6. The Hall–Kier alpha value is -2.23. The van der Waals surface area contributed by atoms with Crippen LogP contribution in [0.15, 0.2) is 24.3 Å². The summed E-state index contributed by atoms with van der Waals surface area (Å²) in [7, 11) is 3.26. The van der Waals surface area contributed by atoms with E-state index >= 15 is 0 Å². The van der Waals surface area contributed by atoms with Gasteiger partial charge >= 0.3 is 0 Å². The first-order valence-corrected chi connectivity index (χ1v) is 9.84. The molecule has 0 bridgehead atoms. The molecule has 2 aliphatic heterocycles. The van der Waals surface area contributed by atoms with Crippen molar-refractivity contribution in [2.45, 2.75) is 12.5 Å². The van der Waals surface area contributed by atoms with Crippen molar-refractivity contribution < 1.29 is 24.0 Å².